The summed E-state index contributed by atoms with van der Waals surface area (Å²) in [4.78, 5) is 4.83. The van der Waals surface area contributed by atoms with Crippen LogP contribution in [-0.2, 0) is 37.3 Å². The minimum Gasteiger partial charge on any atom is -0.510 e. The van der Waals surface area contributed by atoms with Crippen molar-refractivity contribution in [2.45, 2.75) is 71.1 Å². The van der Waals surface area contributed by atoms with Gasteiger partial charge in [-0.25, -0.2) is 4.98 Å². The summed E-state index contributed by atoms with van der Waals surface area (Å²) >= 11 is 0. The molecule has 0 fully saturated rings. The Kier molecular flexibility index (Phi) is 8.78. The van der Waals surface area contributed by atoms with Gasteiger partial charge in [-0.1, -0.05) is 248 Å². The smallest absolute Gasteiger partial charge is 0.268 e. The van der Waals surface area contributed by atoms with Crippen LogP contribution in [0.25, 0.3) is 72.3 Å². The Morgan fingerprint density at radius 1 is 0.571 bits per heavy atom. The largest absolute Gasteiger partial charge is 0.510 e. The first-order valence-corrected chi connectivity index (χ1v) is 29.1. The van der Waals surface area contributed by atoms with E-state index >= 15 is 0 Å². The molecule has 1 aliphatic rings. The SMILES string of the molecule is [2H]c1c([2H])c([2H])c([Si](c2c([2H])c([2H])c([2H])c([2H])c2[2H])(c2c([2H])c([2H])c([2H])c([2H])c2[2H])c2c([2H])c([2H])c([2H])c(-c3cccc(-c4c([2H])c([2H])c5c(c4[2H])C(C)(C)CC5(C)C)c3-[n+]3[c-]n(-c4[c-]c(Oc5[c-]c6c(cc5)c5ccccc5n6-c5cc(C(C)(C)C)ccn5)ccc4)c4ccccc43)c2[2H])c([2H])c1[2H].[Pt]. The van der Waals surface area contributed by atoms with Gasteiger partial charge < -0.3 is 13.9 Å². The van der Waals surface area contributed by atoms with Crippen LogP contribution < -0.4 is 30.1 Å². The van der Waals surface area contributed by atoms with Crippen LogP contribution in [0.5, 0.6) is 11.5 Å². The van der Waals surface area contributed by atoms with E-state index in [1.807, 2.05) is 68.7 Å². The zero-order valence-electron chi connectivity index (χ0n) is 68.7. The first-order valence-electron chi connectivity index (χ1n) is 38.1. The number of benzene rings is 10. The van der Waals surface area contributed by atoms with Gasteiger partial charge in [0.1, 0.15) is 5.82 Å². The van der Waals surface area contributed by atoms with Gasteiger partial charge in [-0.2, -0.15) is 18.2 Å². The van der Waals surface area contributed by atoms with E-state index in [0.717, 1.165) is 21.9 Å². The number of hydrogen-bond donors (Lipinski definition) is 0. The number of imidazole rings is 1. The molecule has 414 valence electrons. The number of nitrogens with zero attached hydrogens (tertiary/aromatic N) is 4. The summed E-state index contributed by atoms with van der Waals surface area (Å²) < 4.78 is 224. The van der Waals surface area contributed by atoms with Crippen LogP contribution in [-0.4, -0.2) is 22.2 Å². The van der Waals surface area contributed by atoms with Gasteiger partial charge in [0.2, 0.25) is 0 Å². The van der Waals surface area contributed by atoms with Crippen molar-refractivity contribution in [2.24, 2.45) is 0 Å². The molecule has 14 rings (SSSR count). The molecule has 0 unspecified atom stereocenters. The van der Waals surface area contributed by atoms with E-state index < -0.39 is 160 Å². The maximum Gasteiger partial charge on any atom is 0.268 e. The van der Waals surface area contributed by atoms with Crippen LogP contribution >= 0.6 is 0 Å². The number of pyridine rings is 1. The molecule has 0 amide bonds. The normalized spacial score (nSPS) is 17.4. The first-order chi connectivity index (χ1) is 49.4. The van der Waals surface area contributed by atoms with Gasteiger partial charge in [-0.3, -0.25) is 4.57 Å². The second-order valence-corrected chi connectivity index (χ2v) is 26.5. The molecule has 13 aromatic rings. The Labute approximate surface area is 539 Å². The molecule has 10 aromatic carbocycles. The van der Waals surface area contributed by atoms with E-state index in [1.165, 1.54) is 16.7 Å². The Morgan fingerprint density at radius 3 is 1.87 bits per heavy atom. The summed E-state index contributed by atoms with van der Waals surface area (Å²) in [5.74, 6) is 1.24. The van der Waals surface area contributed by atoms with Crippen molar-refractivity contribution in [1.82, 2.24) is 14.1 Å². The van der Waals surface area contributed by atoms with Crippen molar-refractivity contribution < 1.29 is 60.5 Å². The molecule has 84 heavy (non-hydrogen) atoms. The molecule has 0 aliphatic heterocycles. The Balaban J connectivity index is 0.00000995. The van der Waals surface area contributed by atoms with Gasteiger partial charge in [0, 0.05) is 44.3 Å². The Bertz CT molecular complexity index is 5730. The van der Waals surface area contributed by atoms with Crippen LogP contribution in [0.2, 0.25) is 0 Å². The summed E-state index contributed by atoms with van der Waals surface area (Å²) in [5, 5.41) is -2.14. The van der Waals surface area contributed by atoms with Crippen LogP contribution in [0.15, 0.2) is 248 Å². The van der Waals surface area contributed by atoms with Crippen molar-refractivity contribution in [3.8, 4) is 50.9 Å². The molecular formula is C77H64N4OPtSi-2. The molecule has 5 nitrogen and oxygen atoms in total. The van der Waals surface area contributed by atoms with Crippen molar-refractivity contribution in [1.29, 1.82) is 0 Å². The number of aromatic nitrogens is 4. The minimum absolute atomic E-state index is 0. The van der Waals surface area contributed by atoms with E-state index in [2.05, 4.69) is 45.3 Å². The second kappa shape index (κ2) is 21.2. The molecule has 3 heterocycles. The van der Waals surface area contributed by atoms with Crippen molar-refractivity contribution >= 4 is 61.7 Å². The third-order valence-electron chi connectivity index (χ3n) is 15.6. The summed E-state index contributed by atoms with van der Waals surface area (Å²) in [6.07, 6.45) is 5.74. The van der Waals surface area contributed by atoms with E-state index in [9.17, 15) is 26.0 Å². The quantitative estimate of drug-likeness (QED) is 0.0560. The number of fused-ring (bicyclic) bond motifs is 5. The topological polar surface area (TPSA) is 35.9 Å². The van der Waals surface area contributed by atoms with E-state index in [0.29, 0.717) is 51.4 Å². The third kappa shape index (κ3) is 9.28. The molecule has 0 atom stereocenters. The van der Waals surface area contributed by atoms with Crippen LogP contribution in [0.1, 0.15) is 102 Å². The van der Waals surface area contributed by atoms with Gasteiger partial charge in [0.05, 0.1) is 46.9 Å². The fourth-order valence-corrected chi connectivity index (χ4v) is 15.6. The molecule has 0 spiro atoms. The van der Waals surface area contributed by atoms with Crippen LogP contribution in [0.3, 0.4) is 0 Å². The maximum atomic E-state index is 11.0. The monoisotopic (exact) mass is 1310 g/mol. The fraction of sp³-hybridized carbons (Fsp3) is 0.143. The average molecular weight is 1310 g/mol. The average Bonchev–Trinajstić information content (AvgIpc) is 0.929. The van der Waals surface area contributed by atoms with Crippen LogP contribution in [0, 0.1) is 18.5 Å². The molecule has 1 aliphatic carbocycles. The van der Waals surface area contributed by atoms with Gasteiger partial charge in [0.15, 0.2) is 8.07 Å². The number of rotatable bonds is 11. The van der Waals surface area contributed by atoms with E-state index in [1.54, 1.807) is 65.4 Å². The molecule has 0 saturated carbocycles. The summed E-state index contributed by atoms with van der Waals surface area (Å²) in [6, 6.07) is 17.9. The van der Waals surface area contributed by atoms with Crippen molar-refractivity contribution in [3.63, 3.8) is 0 Å². The fourth-order valence-electron chi connectivity index (χ4n) is 12.1. The number of para-hydroxylation sites is 4. The Hall–Kier alpha value is -8.67. The molecule has 0 bridgehead atoms. The Morgan fingerprint density at radius 2 is 1.18 bits per heavy atom. The van der Waals surface area contributed by atoms with E-state index in [4.69, 9.17) is 13.8 Å². The van der Waals surface area contributed by atoms with Crippen molar-refractivity contribution in [2.75, 3.05) is 0 Å². The zero-order chi connectivity index (χ0) is 75.8. The van der Waals surface area contributed by atoms with Gasteiger partial charge >= 0.3 is 0 Å². The van der Waals surface area contributed by atoms with Gasteiger partial charge in [-0.05, 0) is 112 Å². The molecule has 0 saturated heterocycles. The number of hydrogen-bond acceptors (Lipinski definition) is 2. The summed E-state index contributed by atoms with van der Waals surface area (Å²) in [6.45, 7) is 14.2. The van der Waals surface area contributed by atoms with E-state index in [-0.39, 0.29) is 72.7 Å². The summed E-state index contributed by atoms with van der Waals surface area (Å²) in [5.41, 5.74) is 2.13. The number of ether oxygens (including phenoxy) is 1. The zero-order valence-corrected chi connectivity index (χ0v) is 50.0. The molecule has 7 heteroatoms. The maximum absolute atomic E-state index is 11.0. The molecular weight excluding hydrogens is 1220 g/mol. The van der Waals surface area contributed by atoms with Crippen LogP contribution in [0.4, 0.5) is 0 Å². The second-order valence-electron chi connectivity index (χ2n) is 23.0. The molecule has 3 aromatic heterocycles. The minimum atomic E-state index is -6.34. The van der Waals surface area contributed by atoms with Gasteiger partial charge in [-0.15, -0.1) is 29.7 Å². The first kappa shape index (κ1) is 34.8. The van der Waals surface area contributed by atoms with Gasteiger partial charge in [0.25, 0.3) is 6.33 Å². The molecule has 0 radical (unpaired) electrons. The summed E-state index contributed by atoms with van der Waals surface area (Å²) in [7, 11) is -6.34. The van der Waals surface area contributed by atoms with Crippen molar-refractivity contribution in [3.05, 3.63) is 283 Å². The standard InChI is InChI=1S/C77H64N4OSi.Pt/c1-75(2,3)55-44-45-78-73(48-55)81-69-37-18-17-34-65(69)66-42-41-58(50-72(66)81)82-57-26-22-25-56(49-57)79-52-80(71-39-20-19-38-70(71)79)74-63(35-23-36-64(74)54-40-43-67-68(47-54)77(6,7)51-76(67,4)5)53-24-21-33-62(46-53)83(59-27-11-8-12-28-59,60-29-13-9-14-30-60)61-31-15-10-16-32-61;/h8-48H,51H2,1-7H3;/q-2;/i8D,9D,10D,11D,12D,13D,14D,15D,16D,21D,24D,27D,28D,29D,30D,31D,32D,33D,40D,43D,46D,47D;. The molecule has 0 N–H and O–H groups in total. The predicted octanol–water partition coefficient (Wildman–Crippen LogP) is 15.6. The third-order valence-corrected chi connectivity index (χ3v) is 19.6. The predicted molar refractivity (Wildman–Crippen MR) is 344 cm³/mol.